The second-order valence-electron chi connectivity index (χ2n) is 4.12. The molecule has 86 valence electrons. The highest BCUT2D eigenvalue weighted by molar-refractivity contribution is 6.08. The lowest BCUT2D eigenvalue weighted by Gasteiger charge is -2.03. The fourth-order valence-electron chi connectivity index (χ4n) is 2.09. The first-order valence-electron chi connectivity index (χ1n) is 5.52. The van der Waals surface area contributed by atoms with Crippen molar-refractivity contribution in [2.24, 2.45) is 7.05 Å². The van der Waals surface area contributed by atoms with Crippen LogP contribution < -0.4 is 5.32 Å². The van der Waals surface area contributed by atoms with Crippen LogP contribution in [0.3, 0.4) is 0 Å². The Hall–Kier alpha value is -2.17. The molecule has 0 fully saturated rings. The van der Waals surface area contributed by atoms with E-state index >= 15 is 0 Å². The molecule has 0 atom stereocenters. The van der Waals surface area contributed by atoms with Crippen LogP contribution >= 0.6 is 0 Å². The fourth-order valence-corrected chi connectivity index (χ4v) is 2.09. The van der Waals surface area contributed by atoms with E-state index in [1.54, 1.807) is 7.05 Å². The first kappa shape index (κ1) is 10.0. The Balaban J connectivity index is 2.00. The van der Waals surface area contributed by atoms with Crippen LogP contribution in [0.5, 0.6) is 0 Å². The summed E-state index contributed by atoms with van der Waals surface area (Å²) in [5.74, 6) is -0.0350. The third-order valence-electron chi connectivity index (χ3n) is 3.02. The monoisotopic (exact) mass is 228 g/mol. The molecule has 0 aliphatic carbocycles. The summed E-state index contributed by atoms with van der Waals surface area (Å²) in [5, 5.41) is 10.8. The number of rotatable bonds is 2. The molecule has 1 aliphatic heterocycles. The van der Waals surface area contributed by atoms with Gasteiger partial charge in [0.25, 0.3) is 0 Å². The molecule has 2 aromatic rings. The van der Waals surface area contributed by atoms with E-state index in [9.17, 15) is 4.79 Å². The summed E-state index contributed by atoms with van der Waals surface area (Å²) in [6.45, 7) is 0.945. The first-order chi connectivity index (χ1) is 8.25. The third-order valence-corrected chi connectivity index (χ3v) is 3.02. The molecule has 5 heteroatoms. The first-order valence-corrected chi connectivity index (χ1v) is 5.52. The van der Waals surface area contributed by atoms with Crippen LogP contribution in [-0.2, 0) is 13.5 Å². The van der Waals surface area contributed by atoms with E-state index in [0.29, 0.717) is 11.3 Å². The van der Waals surface area contributed by atoms with Crippen molar-refractivity contribution in [3.05, 3.63) is 41.2 Å². The highest BCUT2D eigenvalue weighted by atomic mass is 16.1. The summed E-state index contributed by atoms with van der Waals surface area (Å²) in [5.41, 5.74) is 3.53. The van der Waals surface area contributed by atoms with Gasteiger partial charge in [-0.15, -0.1) is 5.10 Å². The van der Waals surface area contributed by atoms with E-state index in [0.717, 1.165) is 18.7 Å². The molecule has 1 aromatic heterocycles. The molecule has 0 amide bonds. The molecule has 0 unspecified atom stereocenters. The zero-order valence-electron chi connectivity index (χ0n) is 9.47. The highest BCUT2D eigenvalue weighted by Crippen LogP contribution is 2.23. The van der Waals surface area contributed by atoms with Gasteiger partial charge in [-0.1, -0.05) is 5.21 Å². The van der Waals surface area contributed by atoms with E-state index in [4.69, 9.17) is 0 Å². The number of benzene rings is 1. The molecule has 3 rings (SSSR count). The Morgan fingerprint density at radius 2 is 2.35 bits per heavy atom. The number of aryl methyl sites for hydroxylation is 1. The van der Waals surface area contributed by atoms with Gasteiger partial charge in [0.15, 0.2) is 0 Å². The van der Waals surface area contributed by atoms with Gasteiger partial charge in [-0.25, -0.2) is 4.68 Å². The second kappa shape index (κ2) is 3.69. The molecule has 0 saturated carbocycles. The molecule has 5 nitrogen and oxygen atoms in total. The largest absolute Gasteiger partial charge is 0.384 e. The van der Waals surface area contributed by atoms with Crippen molar-refractivity contribution in [2.75, 3.05) is 11.9 Å². The van der Waals surface area contributed by atoms with Gasteiger partial charge in [-0.05, 0) is 30.2 Å². The average Bonchev–Trinajstić information content (AvgIpc) is 2.95. The van der Waals surface area contributed by atoms with E-state index in [-0.39, 0.29) is 5.78 Å². The lowest BCUT2D eigenvalue weighted by atomic mass is 10.0. The molecule has 1 aromatic carbocycles. The van der Waals surface area contributed by atoms with Crippen LogP contribution in [0.15, 0.2) is 24.4 Å². The molecular weight excluding hydrogens is 216 g/mol. The SMILES string of the molecule is Cn1nncc1C(=O)c1ccc2c(c1)CCN2. The van der Waals surface area contributed by atoms with E-state index in [1.165, 1.54) is 16.4 Å². The zero-order chi connectivity index (χ0) is 11.8. The predicted octanol–water partition coefficient (Wildman–Crippen LogP) is 1.01. The standard InChI is InChI=1S/C12H12N4O/c1-16-11(7-14-15-16)12(17)9-2-3-10-8(6-9)4-5-13-10/h2-3,6-7,13H,4-5H2,1H3. The number of nitrogens with one attached hydrogen (secondary N) is 1. The van der Waals surface area contributed by atoms with E-state index in [1.807, 2.05) is 18.2 Å². The van der Waals surface area contributed by atoms with Crippen LogP contribution in [0.4, 0.5) is 5.69 Å². The van der Waals surface area contributed by atoms with Crippen molar-refractivity contribution < 1.29 is 4.79 Å². The van der Waals surface area contributed by atoms with Gasteiger partial charge in [0.05, 0.1) is 6.20 Å². The second-order valence-corrected chi connectivity index (χ2v) is 4.12. The summed E-state index contributed by atoms with van der Waals surface area (Å²) < 4.78 is 1.49. The number of fused-ring (bicyclic) bond motifs is 1. The smallest absolute Gasteiger partial charge is 0.212 e. The van der Waals surface area contributed by atoms with Crippen LogP contribution in [0.25, 0.3) is 0 Å². The summed E-state index contributed by atoms with van der Waals surface area (Å²) in [6, 6.07) is 5.75. The van der Waals surface area contributed by atoms with Crippen LogP contribution in [-0.4, -0.2) is 27.3 Å². The number of carbonyl (C=O) groups is 1. The highest BCUT2D eigenvalue weighted by Gasteiger charge is 2.17. The molecular formula is C12H12N4O. The van der Waals surface area contributed by atoms with Gasteiger partial charge >= 0.3 is 0 Å². The molecule has 0 saturated heterocycles. The summed E-state index contributed by atoms with van der Waals surface area (Å²) in [4.78, 5) is 12.2. The van der Waals surface area contributed by atoms with Crippen molar-refractivity contribution in [3.63, 3.8) is 0 Å². The minimum Gasteiger partial charge on any atom is -0.384 e. The predicted molar refractivity (Wildman–Crippen MR) is 63.1 cm³/mol. The molecule has 1 aliphatic rings. The van der Waals surface area contributed by atoms with E-state index < -0.39 is 0 Å². The molecule has 2 heterocycles. The maximum atomic E-state index is 12.2. The minimum atomic E-state index is -0.0350. The minimum absolute atomic E-state index is 0.0350. The Morgan fingerprint density at radius 3 is 3.12 bits per heavy atom. The summed E-state index contributed by atoms with van der Waals surface area (Å²) in [6.07, 6.45) is 2.47. The fraction of sp³-hybridized carbons (Fsp3) is 0.250. The lowest BCUT2D eigenvalue weighted by Crippen LogP contribution is -2.08. The van der Waals surface area contributed by atoms with Gasteiger partial charge in [0.1, 0.15) is 5.69 Å². The maximum absolute atomic E-state index is 12.2. The van der Waals surface area contributed by atoms with Gasteiger partial charge < -0.3 is 5.32 Å². The molecule has 1 N–H and O–H groups in total. The number of hydrogen-bond donors (Lipinski definition) is 1. The number of hydrogen-bond acceptors (Lipinski definition) is 4. The van der Waals surface area contributed by atoms with Crippen molar-refractivity contribution in [2.45, 2.75) is 6.42 Å². The molecule has 0 spiro atoms. The van der Waals surface area contributed by atoms with Crippen molar-refractivity contribution in [3.8, 4) is 0 Å². The maximum Gasteiger partial charge on any atom is 0.212 e. The Labute approximate surface area is 98.4 Å². The van der Waals surface area contributed by atoms with Crippen molar-refractivity contribution >= 4 is 11.5 Å². The van der Waals surface area contributed by atoms with E-state index in [2.05, 4.69) is 15.6 Å². The van der Waals surface area contributed by atoms with Gasteiger partial charge in [-0.2, -0.15) is 0 Å². The number of nitrogens with zero attached hydrogens (tertiary/aromatic N) is 3. The van der Waals surface area contributed by atoms with Gasteiger partial charge in [0, 0.05) is 24.8 Å². The van der Waals surface area contributed by atoms with Gasteiger partial charge in [0.2, 0.25) is 5.78 Å². The number of anilines is 1. The zero-order valence-corrected chi connectivity index (χ0v) is 9.47. The Bertz CT molecular complexity index is 588. The Morgan fingerprint density at radius 1 is 1.47 bits per heavy atom. The number of carbonyl (C=O) groups excluding carboxylic acids is 1. The normalized spacial score (nSPS) is 13.2. The van der Waals surface area contributed by atoms with Crippen LogP contribution in [0.1, 0.15) is 21.6 Å². The van der Waals surface area contributed by atoms with Crippen molar-refractivity contribution in [1.29, 1.82) is 0 Å². The molecule has 0 bridgehead atoms. The molecule has 0 radical (unpaired) electrons. The van der Waals surface area contributed by atoms with Crippen LogP contribution in [0.2, 0.25) is 0 Å². The molecule has 17 heavy (non-hydrogen) atoms. The average molecular weight is 228 g/mol. The Kier molecular flexibility index (Phi) is 2.18. The summed E-state index contributed by atoms with van der Waals surface area (Å²) >= 11 is 0. The van der Waals surface area contributed by atoms with Gasteiger partial charge in [-0.3, -0.25) is 4.79 Å². The number of aromatic nitrogens is 3. The topological polar surface area (TPSA) is 59.8 Å². The number of ketones is 1. The summed E-state index contributed by atoms with van der Waals surface area (Å²) in [7, 11) is 1.72. The lowest BCUT2D eigenvalue weighted by molar-refractivity contribution is 0.103. The third kappa shape index (κ3) is 1.60. The van der Waals surface area contributed by atoms with Crippen molar-refractivity contribution in [1.82, 2.24) is 15.0 Å². The van der Waals surface area contributed by atoms with Crippen LogP contribution in [0, 0.1) is 0 Å². The quantitative estimate of drug-likeness (QED) is 0.779.